The van der Waals surface area contributed by atoms with Crippen molar-refractivity contribution in [2.45, 2.75) is 31.8 Å². The molecule has 1 fully saturated rings. The second-order valence-electron chi connectivity index (χ2n) is 5.80. The molecule has 0 atom stereocenters. The lowest BCUT2D eigenvalue weighted by Gasteiger charge is -2.21. The monoisotopic (exact) mass is 281 g/mol. The van der Waals surface area contributed by atoms with Crippen molar-refractivity contribution in [2.24, 2.45) is 0 Å². The molecule has 1 heterocycles. The number of aromatic nitrogens is 1. The van der Waals surface area contributed by atoms with Gasteiger partial charge in [-0.05, 0) is 30.9 Å². The van der Waals surface area contributed by atoms with Crippen LogP contribution in [-0.2, 0) is 13.0 Å². The van der Waals surface area contributed by atoms with Crippen molar-refractivity contribution in [3.63, 3.8) is 0 Å². The van der Waals surface area contributed by atoms with Crippen molar-refractivity contribution >= 4 is 5.82 Å². The topological polar surface area (TPSA) is 28.2 Å². The average Bonchev–Trinajstić information content (AvgIpc) is 3.36. The molecule has 0 saturated heterocycles. The van der Waals surface area contributed by atoms with Crippen LogP contribution in [0.25, 0.3) is 0 Å². The first-order valence-corrected chi connectivity index (χ1v) is 7.75. The lowest BCUT2D eigenvalue weighted by Crippen LogP contribution is -2.25. The van der Waals surface area contributed by atoms with Gasteiger partial charge < -0.3 is 10.2 Å². The predicted octanol–water partition coefficient (Wildman–Crippen LogP) is 3.01. The zero-order valence-electron chi connectivity index (χ0n) is 12.6. The fraction of sp³-hybridized carbons (Fsp3) is 0.389. The molecule has 1 aliphatic carbocycles. The molecule has 110 valence electrons. The van der Waals surface area contributed by atoms with Crippen molar-refractivity contribution in [3.8, 4) is 0 Å². The van der Waals surface area contributed by atoms with Gasteiger partial charge in [0, 0.05) is 37.9 Å². The zero-order valence-corrected chi connectivity index (χ0v) is 12.6. The van der Waals surface area contributed by atoms with Crippen LogP contribution in [0.4, 0.5) is 5.82 Å². The maximum Gasteiger partial charge on any atom is 0.132 e. The number of pyridine rings is 1. The SMILES string of the molecule is CN(CCc1ccccc1)c1ncccc1CNC1CC1. The number of rotatable bonds is 7. The van der Waals surface area contributed by atoms with Crippen LogP contribution in [0.5, 0.6) is 0 Å². The number of nitrogens with one attached hydrogen (secondary N) is 1. The molecule has 3 heteroatoms. The van der Waals surface area contributed by atoms with Gasteiger partial charge >= 0.3 is 0 Å². The quantitative estimate of drug-likeness (QED) is 0.845. The third kappa shape index (κ3) is 4.05. The van der Waals surface area contributed by atoms with E-state index in [0.717, 1.165) is 31.4 Å². The van der Waals surface area contributed by atoms with Crippen LogP contribution in [0.2, 0.25) is 0 Å². The van der Waals surface area contributed by atoms with E-state index in [9.17, 15) is 0 Å². The van der Waals surface area contributed by atoms with E-state index < -0.39 is 0 Å². The normalized spacial score (nSPS) is 14.1. The highest BCUT2D eigenvalue weighted by Gasteiger charge is 2.20. The average molecular weight is 281 g/mol. The van der Waals surface area contributed by atoms with E-state index in [1.54, 1.807) is 0 Å². The summed E-state index contributed by atoms with van der Waals surface area (Å²) < 4.78 is 0. The predicted molar refractivity (Wildman–Crippen MR) is 87.5 cm³/mol. The first kappa shape index (κ1) is 14.1. The largest absolute Gasteiger partial charge is 0.359 e. The summed E-state index contributed by atoms with van der Waals surface area (Å²) in [6.07, 6.45) is 5.57. The Morgan fingerprint density at radius 2 is 1.95 bits per heavy atom. The van der Waals surface area contributed by atoms with E-state index in [-0.39, 0.29) is 0 Å². The highest BCUT2D eigenvalue weighted by molar-refractivity contribution is 5.46. The summed E-state index contributed by atoms with van der Waals surface area (Å²) in [6.45, 7) is 1.90. The molecule has 0 unspecified atom stereocenters. The molecule has 3 rings (SSSR count). The lowest BCUT2D eigenvalue weighted by molar-refractivity contribution is 0.682. The summed E-state index contributed by atoms with van der Waals surface area (Å²) in [7, 11) is 2.13. The van der Waals surface area contributed by atoms with Crippen LogP contribution in [0.15, 0.2) is 48.7 Å². The highest BCUT2D eigenvalue weighted by Crippen LogP contribution is 2.21. The molecule has 3 nitrogen and oxygen atoms in total. The number of benzene rings is 1. The third-order valence-electron chi connectivity index (χ3n) is 3.97. The van der Waals surface area contributed by atoms with Gasteiger partial charge in [0.2, 0.25) is 0 Å². The van der Waals surface area contributed by atoms with Crippen LogP contribution in [-0.4, -0.2) is 24.6 Å². The van der Waals surface area contributed by atoms with Gasteiger partial charge in [-0.25, -0.2) is 4.98 Å². The summed E-state index contributed by atoms with van der Waals surface area (Å²) in [5.74, 6) is 1.10. The smallest absolute Gasteiger partial charge is 0.132 e. The van der Waals surface area contributed by atoms with E-state index in [0.29, 0.717) is 0 Å². The summed E-state index contributed by atoms with van der Waals surface area (Å²) in [5, 5.41) is 3.58. The van der Waals surface area contributed by atoms with Crippen LogP contribution >= 0.6 is 0 Å². The molecule has 0 aliphatic heterocycles. The van der Waals surface area contributed by atoms with Crippen LogP contribution in [0.1, 0.15) is 24.0 Å². The highest BCUT2D eigenvalue weighted by atomic mass is 15.2. The third-order valence-corrected chi connectivity index (χ3v) is 3.97. The zero-order chi connectivity index (χ0) is 14.5. The minimum absolute atomic E-state index is 0.729. The molecule has 0 spiro atoms. The fourth-order valence-electron chi connectivity index (χ4n) is 2.50. The first-order valence-electron chi connectivity index (χ1n) is 7.75. The molecule has 1 aliphatic rings. The Morgan fingerprint density at radius 3 is 2.71 bits per heavy atom. The second-order valence-corrected chi connectivity index (χ2v) is 5.80. The summed E-state index contributed by atoms with van der Waals surface area (Å²) >= 11 is 0. The molecule has 2 aromatic rings. The van der Waals surface area contributed by atoms with Gasteiger partial charge in [-0.2, -0.15) is 0 Å². The Morgan fingerprint density at radius 1 is 1.14 bits per heavy atom. The van der Waals surface area contributed by atoms with E-state index in [2.05, 4.69) is 58.6 Å². The van der Waals surface area contributed by atoms with E-state index in [1.807, 2.05) is 12.3 Å². The maximum absolute atomic E-state index is 4.58. The van der Waals surface area contributed by atoms with E-state index in [1.165, 1.54) is 24.0 Å². The van der Waals surface area contributed by atoms with Gasteiger partial charge in [-0.15, -0.1) is 0 Å². The van der Waals surface area contributed by atoms with Gasteiger partial charge in [-0.1, -0.05) is 36.4 Å². The number of anilines is 1. The Hall–Kier alpha value is -1.87. The van der Waals surface area contributed by atoms with E-state index in [4.69, 9.17) is 0 Å². The Kier molecular flexibility index (Phi) is 4.51. The summed E-state index contributed by atoms with van der Waals surface area (Å²) in [4.78, 5) is 6.84. The summed E-state index contributed by atoms with van der Waals surface area (Å²) in [5.41, 5.74) is 2.66. The maximum atomic E-state index is 4.58. The van der Waals surface area contributed by atoms with Crippen molar-refractivity contribution in [3.05, 3.63) is 59.8 Å². The van der Waals surface area contributed by atoms with Gasteiger partial charge in [0.05, 0.1) is 0 Å². The van der Waals surface area contributed by atoms with Crippen molar-refractivity contribution in [1.29, 1.82) is 0 Å². The number of likely N-dealkylation sites (N-methyl/N-ethyl adjacent to an activating group) is 1. The van der Waals surface area contributed by atoms with Crippen molar-refractivity contribution < 1.29 is 0 Å². The first-order chi connectivity index (χ1) is 10.3. The van der Waals surface area contributed by atoms with Gasteiger partial charge in [0.1, 0.15) is 5.82 Å². The molecular formula is C18H23N3. The Labute approximate surface area is 127 Å². The number of hydrogen-bond acceptors (Lipinski definition) is 3. The molecule has 1 aromatic carbocycles. The molecule has 0 amide bonds. The second kappa shape index (κ2) is 6.72. The van der Waals surface area contributed by atoms with Crippen LogP contribution in [0.3, 0.4) is 0 Å². The van der Waals surface area contributed by atoms with Crippen LogP contribution < -0.4 is 10.2 Å². The summed E-state index contributed by atoms with van der Waals surface area (Å²) in [6, 6.07) is 15.6. The van der Waals surface area contributed by atoms with Crippen molar-refractivity contribution in [2.75, 3.05) is 18.5 Å². The molecule has 0 bridgehead atoms. The molecule has 1 saturated carbocycles. The molecule has 21 heavy (non-hydrogen) atoms. The fourth-order valence-corrected chi connectivity index (χ4v) is 2.50. The van der Waals surface area contributed by atoms with E-state index >= 15 is 0 Å². The molecule has 0 radical (unpaired) electrons. The molecule has 1 aromatic heterocycles. The Bertz CT molecular complexity index is 564. The lowest BCUT2D eigenvalue weighted by atomic mass is 10.1. The van der Waals surface area contributed by atoms with Crippen molar-refractivity contribution in [1.82, 2.24) is 10.3 Å². The minimum atomic E-state index is 0.729. The van der Waals surface area contributed by atoms with Gasteiger partial charge in [-0.3, -0.25) is 0 Å². The minimum Gasteiger partial charge on any atom is -0.359 e. The standard InChI is InChI=1S/C18H23N3/c1-21(13-11-15-6-3-2-4-7-15)18-16(8-5-12-19-18)14-20-17-9-10-17/h2-8,12,17,20H,9-11,13-14H2,1H3. The van der Waals surface area contributed by atoms with Gasteiger partial charge in [0.15, 0.2) is 0 Å². The number of nitrogens with zero attached hydrogens (tertiary/aromatic N) is 2. The number of hydrogen-bond donors (Lipinski definition) is 1. The van der Waals surface area contributed by atoms with Gasteiger partial charge in [0.25, 0.3) is 0 Å². The Balaban J connectivity index is 1.61. The molecular weight excluding hydrogens is 258 g/mol. The van der Waals surface area contributed by atoms with Crippen LogP contribution in [0, 0.1) is 0 Å². The molecule has 1 N–H and O–H groups in total.